The molecule has 4 nitrogen and oxygen atoms in total. The molecule has 20 heavy (non-hydrogen) atoms. The van der Waals surface area contributed by atoms with Crippen LogP contribution in [0, 0.1) is 12.7 Å². The predicted octanol–water partition coefficient (Wildman–Crippen LogP) is 4.24. The van der Waals surface area contributed by atoms with Gasteiger partial charge in [-0.3, -0.25) is 4.79 Å². The molecule has 0 aliphatic rings. The van der Waals surface area contributed by atoms with Crippen molar-refractivity contribution in [1.82, 2.24) is 5.16 Å². The number of benzene rings is 1. The second kappa shape index (κ2) is 4.88. The molecule has 7 heteroatoms. The van der Waals surface area contributed by atoms with Crippen molar-refractivity contribution < 1.29 is 13.7 Å². The number of thiophene rings is 1. The zero-order valence-corrected chi connectivity index (χ0v) is 11.8. The third-order valence-electron chi connectivity index (χ3n) is 2.68. The standard InChI is InChI=1S/C13H8ClFN2O2S/c1-6-5-9(17-19-6)16-13(18)12-11(14)10-7(15)3-2-4-8(10)20-12/h2-5H,1H3,(H,16,17,18). The average molecular weight is 311 g/mol. The lowest BCUT2D eigenvalue weighted by Crippen LogP contribution is -2.10. The molecule has 0 radical (unpaired) electrons. The Balaban J connectivity index is 1.99. The highest BCUT2D eigenvalue weighted by Crippen LogP contribution is 2.37. The summed E-state index contributed by atoms with van der Waals surface area (Å²) in [5.74, 6) is -0.0146. The quantitative estimate of drug-likeness (QED) is 0.770. The van der Waals surface area contributed by atoms with Crippen molar-refractivity contribution in [1.29, 1.82) is 0 Å². The summed E-state index contributed by atoms with van der Waals surface area (Å²) in [6, 6.07) is 6.18. The van der Waals surface area contributed by atoms with Gasteiger partial charge in [0, 0.05) is 16.2 Å². The zero-order chi connectivity index (χ0) is 14.3. The van der Waals surface area contributed by atoms with Gasteiger partial charge in [0.15, 0.2) is 5.82 Å². The fourth-order valence-electron chi connectivity index (χ4n) is 1.82. The number of hydrogen-bond donors (Lipinski definition) is 1. The van der Waals surface area contributed by atoms with E-state index in [1.54, 1.807) is 25.1 Å². The van der Waals surface area contributed by atoms with E-state index in [1.807, 2.05) is 0 Å². The van der Waals surface area contributed by atoms with Crippen molar-refractivity contribution in [3.63, 3.8) is 0 Å². The Labute approximate surface area is 122 Å². The van der Waals surface area contributed by atoms with Crippen LogP contribution in [-0.4, -0.2) is 11.1 Å². The van der Waals surface area contributed by atoms with Gasteiger partial charge >= 0.3 is 0 Å². The molecule has 102 valence electrons. The fourth-order valence-corrected chi connectivity index (χ4v) is 3.27. The Morgan fingerprint density at radius 2 is 2.30 bits per heavy atom. The lowest BCUT2D eigenvalue weighted by molar-refractivity contribution is 0.103. The van der Waals surface area contributed by atoms with Gasteiger partial charge in [0.05, 0.1) is 5.02 Å². The molecular weight excluding hydrogens is 303 g/mol. The van der Waals surface area contributed by atoms with E-state index in [-0.39, 0.29) is 15.3 Å². The SMILES string of the molecule is Cc1cc(NC(=O)c2sc3cccc(F)c3c2Cl)no1. The van der Waals surface area contributed by atoms with Gasteiger partial charge in [-0.1, -0.05) is 22.8 Å². The van der Waals surface area contributed by atoms with Gasteiger partial charge < -0.3 is 9.84 Å². The van der Waals surface area contributed by atoms with Crippen LogP contribution in [0.3, 0.4) is 0 Å². The van der Waals surface area contributed by atoms with Crippen LogP contribution in [0.5, 0.6) is 0 Å². The number of carbonyl (C=O) groups excluding carboxylic acids is 1. The van der Waals surface area contributed by atoms with Crippen molar-refractivity contribution in [2.75, 3.05) is 5.32 Å². The smallest absolute Gasteiger partial charge is 0.268 e. The summed E-state index contributed by atoms with van der Waals surface area (Å²) in [5.41, 5.74) is 0. The number of nitrogens with zero attached hydrogens (tertiary/aromatic N) is 1. The molecule has 1 aromatic carbocycles. The zero-order valence-electron chi connectivity index (χ0n) is 10.2. The molecule has 0 atom stereocenters. The minimum atomic E-state index is -0.444. The maximum Gasteiger partial charge on any atom is 0.268 e. The summed E-state index contributed by atoms with van der Waals surface area (Å²) in [5, 5.41) is 6.60. The summed E-state index contributed by atoms with van der Waals surface area (Å²) in [7, 11) is 0. The lowest BCUT2D eigenvalue weighted by Gasteiger charge is -1.98. The van der Waals surface area contributed by atoms with Crippen molar-refractivity contribution in [2.24, 2.45) is 0 Å². The van der Waals surface area contributed by atoms with Crippen LogP contribution in [0.15, 0.2) is 28.8 Å². The topological polar surface area (TPSA) is 55.1 Å². The van der Waals surface area contributed by atoms with Gasteiger partial charge in [0.25, 0.3) is 5.91 Å². The number of aryl methyl sites for hydroxylation is 1. The first-order valence-corrected chi connectivity index (χ1v) is 6.87. The number of carbonyl (C=O) groups is 1. The van der Waals surface area contributed by atoms with E-state index >= 15 is 0 Å². The second-order valence-corrected chi connectivity index (χ2v) is 5.57. The van der Waals surface area contributed by atoms with E-state index in [0.29, 0.717) is 16.3 Å². The first-order chi connectivity index (χ1) is 9.56. The number of aromatic nitrogens is 1. The van der Waals surface area contributed by atoms with Gasteiger partial charge in [-0.2, -0.15) is 0 Å². The Morgan fingerprint density at radius 1 is 1.50 bits per heavy atom. The second-order valence-electron chi connectivity index (χ2n) is 4.14. The number of anilines is 1. The Kier molecular flexibility index (Phi) is 3.19. The highest BCUT2D eigenvalue weighted by atomic mass is 35.5. The van der Waals surface area contributed by atoms with Crippen LogP contribution >= 0.6 is 22.9 Å². The van der Waals surface area contributed by atoms with Crippen LogP contribution in [0.1, 0.15) is 15.4 Å². The van der Waals surface area contributed by atoms with E-state index in [0.717, 1.165) is 11.3 Å². The van der Waals surface area contributed by atoms with Crippen LogP contribution < -0.4 is 5.32 Å². The molecule has 2 aromatic heterocycles. The largest absolute Gasteiger partial charge is 0.360 e. The third-order valence-corrected chi connectivity index (χ3v) is 4.33. The molecule has 1 N–H and O–H groups in total. The van der Waals surface area contributed by atoms with Crippen molar-refractivity contribution in [3.8, 4) is 0 Å². The Bertz CT molecular complexity index is 812. The van der Waals surface area contributed by atoms with Crippen LogP contribution in [0.4, 0.5) is 10.2 Å². The lowest BCUT2D eigenvalue weighted by atomic mass is 10.2. The van der Waals surface area contributed by atoms with Gasteiger partial charge in [-0.25, -0.2) is 4.39 Å². The average Bonchev–Trinajstić information content (AvgIpc) is 2.95. The number of nitrogens with one attached hydrogen (secondary N) is 1. The van der Waals surface area contributed by atoms with Gasteiger partial charge in [0.1, 0.15) is 16.5 Å². The van der Waals surface area contributed by atoms with Crippen LogP contribution in [0.25, 0.3) is 10.1 Å². The van der Waals surface area contributed by atoms with E-state index < -0.39 is 11.7 Å². The number of fused-ring (bicyclic) bond motifs is 1. The molecule has 0 saturated carbocycles. The molecule has 0 aliphatic heterocycles. The molecule has 0 unspecified atom stereocenters. The molecule has 0 fully saturated rings. The predicted molar refractivity (Wildman–Crippen MR) is 76.0 cm³/mol. The molecule has 3 aromatic rings. The fraction of sp³-hybridized carbons (Fsp3) is 0.0769. The van der Waals surface area contributed by atoms with Gasteiger partial charge in [-0.05, 0) is 19.1 Å². The molecule has 0 saturated heterocycles. The maximum atomic E-state index is 13.7. The molecule has 1 amide bonds. The maximum absolute atomic E-state index is 13.7. The van der Waals surface area contributed by atoms with Gasteiger partial charge in [0.2, 0.25) is 0 Å². The van der Waals surface area contributed by atoms with Crippen molar-refractivity contribution in [2.45, 2.75) is 6.92 Å². The summed E-state index contributed by atoms with van der Waals surface area (Å²) in [6.45, 7) is 1.71. The van der Waals surface area contributed by atoms with Crippen LogP contribution in [-0.2, 0) is 0 Å². The number of amides is 1. The van der Waals surface area contributed by atoms with E-state index in [1.165, 1.54) is 6.07 Å². The molecule has 3 rings (SSSR count). The van der Waals surface area contributed by atoms with Crippen molar-refractivity contribution in [3.05, 3.63) is 45.7 Å². The molecular formula is C13H8ClFN2O2S. The monoisotopic (exact) mass is 310 g/mol. The van der Waals surface area contributed by atoms with Gasteiger partial charge in [-0.15, -0.1) is 11.3 Å². The first-order valence-electron chi connectivity index (χ1n) is 5.67. The number of hydrogen-bond acceptors (Lipinski definition) is 4. The summed E-state index contributed by atoms with van der Waals surface area (Å²) >= 11 is 7.22. The van der Waals surface area contributed by atoms with Crippen molar-refractivity contribution >= 4 is 44.7 Å². The summed E-state index contributed by atoms with van der Waals surface area (Å²) in [6.07, 6.45) is 0. The first kappa shape index (κ1) is 13.1. The van der Waals surface area contributed by atoms with E-state index in [9.17, 15) is 9.18 Å². The summed E-state index contributed by atoms with van der Waals surface area (Å²) < 4.78 is 19.2. The highest BCUT2D eigenvalue weighted by molar-refractivity contribution is 7.21. The molecule has 0 aliphatic carbocycles. The summed E-state index contributed by atoms with van der Waals surface area (Å²) in [4.78, 5) is 12.4. The number of halogens is 2. The molecule has 0 spiro atoms. The number of rotatable bonds is 2. The highest BCUT2D eigenvalue weighted by Gasteiger charge is 2.20. The Hall–Kier alpha value is -1.92. The van der Waals surface area contributed by atoms with Crippen LogP contribution in [0.2, 0.25) is 5.02 Å². The molecule has 0 bridgehead atoms. The van der Waals surface area contributed by atoms with E-state index in [2.05, 4.69) is 10.5 Å². The third kappa shape index (κ3) is 2.17. The molecule has 2 heterocycles. The van der Waals surface area contributed by atoms with E-state index in [4.69, 9.17) is 16.1 Å². The Morgan fingerprint density at radius 3 is 2.95 bits per heavy atom. The minimum Gasteiger partial charge on any atom is -0.360 e. The minimum absolute atomic E-state index is 0.112. The normalized spacial score (nSPS) is 10.9.